The lowest BCUT2D eigenvalue weighted by Crippen LogP contribution is -2.45. The van der Waals surface area contributed by atoms with Gasteiger partial charge in [0.15, 0.2) is 0 Å². The Kier molecular flexibility index (Phi) is 4.15. The molecule has 2 unspecified atom stereocenters. The zero-order valence-electron chi connectivity index (χ0n) is 10.5. The third kappa shape index (κ3) is 3.28. The Morgan fingerprint density at radius 1 is 1.29 bits per heavy atom. The smallest absolute Gasteiger partial charge is 0.0681 e. The molecular formula is C14H22N2O. The van der Waals surface area contributed by atoms with E-state index in [9.17, 15) is 0 Å². The zero-order valence-corrected chi connectivity index (χ0v) is 10.5. The van der Waals surface area contributed by atoms with Crippen LogP contribution in [-0.2, 0) is 13.2 Å². The van der Waals surface area contributed by atoms with E-state index in [0.29, 0.717) is 12.0 Å². The molecule has 0 aliphatic carbocycles. The number of hydrogen-bond acceptors (Lipinski definition) is 3. The second kappa shape index (κ2) is 5.63. The summed E-state index contributed by atoms with van der Waals surface area (Å²) in [5.74, 6) is 0.584. The Morgan fingerprint density at radius 2 is 1.94 bits per heavy atom. The van der Waals surface area contributed by atoms with Crippen molar-refractivity contribution in [1.29, 1.82) is 0 Å². The SMILES string of the molecule is CC1CN(Cc2ccc(CO)cc2)CCC1N. The van der Waals surface area contributed by atoms with E-state index < -0.39 is 0 Å². The highest BCUT2D eigenvalue weighted by Gasteiger charge is 2.22. The number of aliphatic hydroxyl groups excluding tert-OH is 1. The summed E-state index contributed by atoms with van der Waals surface area (Å²) in [6, 6.07) is 8.56. The Labute approximate surface area is 103 Å². The molecule has 0 radical (unpaired) electrons. The molecule has 94 valence electrons. The minimum Gasteiger partial charge on any atom is -0.392 e. The molecule has 0 saturated carbocycles. The first-order valence-electron chi connectivity index (χ1n) is 6.35. The molecule has 17 heavy (non-hydrogen) atoms. The molecule has 1 aliphatic rings. The molecule has 1 aromatic rings. The molecule has 1 aromatic carbocycles. The first-order valence-corrected chi connectivity index (χ1v) is 6.35. The first-order chi connectivity index (χ1) is 8.19. The summed E-state index contributed by atoms with van der Waals surface area (Å²) in [6.07, 6.45) is 1.09. The fourth-order valence-electron chi connectivity index (χ4n) is 2.40. The second-order valence-corrected chi connectivity index (χ2v) is 5.14. The molecule has 0 bridgehead atoms. The predicted octanol–water partition coefficient (Wildman–Crippen LogP) is 1.35. The second-order valence-electron chi connectivity index (χ2n) is 5.14. The molecule has 3 N–H and O–H groups in total. The summed E-state index contributed by atoms with van der Waals surface area (Å²) < 4.78 is 0. The lowest BCUT2D eigenvalue weighted by Gasteiger charge is -2.35. The van der Waals surface area contributed by atoms with Gasteiger partial charge in [-0.25, -0.2) is 0 Å². The van der Waals surface area contributed by atoms with Gasteiger partial charge in [-0.3, -0.25) is 4.90 Å². The first kappa shape index (κ1) is 12.6. The number of aliphatic hydroxyl groups is 1. The van der Waals surface area contributed by atoms with Crippen LogP contribution < -0.4 is 5.73 Å². The van der Waals surface area contributed by atoms with Crippen molar-refractivity contribution in [3.8, 4) is 0 Å². The fourth-order valence-corrected chi connectivity index (χ4v) is 2.40. The van der Waals surface area contributed by atoms with Gasteiger partial charge in [-0.15, -0.1) is 0 Å². The van der Waals surface area contributed by atoms with E-state index in [-0.39, 0.29) is 6.61 Å². The lowest BCUT2D eigenvalue weighted by molar-refractivity contribution is 0.158. The molecule has 3 nitrogen and oxygen atoms in total. The Morgan fingerprint density at radius 3 is 2.53 bits per heavy atom. The van der Waals surface area contributed by atoms with Crippen molar-refractivity contribution in [3.63, 3.8) is 0 Å². The van der Waals surface area contributed by atoms with Crippen LogP contribution in [0.3, 0.4) is 0 Å². The molecule has 1 aliphatic heterocycles. The number of benzene rings is 1. The summed E-state index contributed by atoms with van der Waals surface area (Å²) in [4.78, 5) is 2.46. The predicted molar refractivity (Wildman–Crippen MR) is 69.4 cm³/mol. The van der Waals surface area contributed by atoms with E-state index in [1.807, 2.05) is 12.1 Å². The van der Waals surface area contributed by atoms with Gasteiger partial charge < -0.3 is 10.8 Å². The number of nitrogens with two attached hydrogens (primary N) is 1. The van der Waals surface area contributed by atoms with Gasteiger partial charge in [0.25, 0.3) is 0 Å². The quantitative estimate of drug-likeness (QED) is 0.830. The molecule has 1 saturated heterocycles. The molecule has 3 heteroatoms. The van der Waals surface area contributed by atoms with Crippen molar-refractivity contribution in [2.75, 3.05) is 13.1 Å². The zero-order chi connectivity index (χ0) is 12.3. The van der Waals surface area contributed by atoms with Crippen LogP contribution in [0.1, 0.15) is 24.5 Å². The third-order valence-electron chi connectivity index (χ3n) is 3.67. The van der Waals surface area contributed by atoms with Crippen LogP contribution in [0, 0.1) is 5.92 Å². The molecular weight excluding hydrogens is 212 g/mol. The molecule has 2 atom stereocenters. The minimum absolute atomic E-state index is 0.121. The third-order valence-corrected chi connectivity index (χ3v) is 3.67. The van der Waals surface area contributed by atoms with Crippen LogP contribution >= 0.6 is 0 Å². The van der Waals surface area contributed by atoms with Crippen LogP contribution in [0.15, 0.2) is 24.3 Å². The summed E-state index contributed by atoms with van der Waals surface area (Å²) in [5, 5.41) is 8.99. The van der Waals surface area contributed by atoms with Crippen molar-refractivity contribution in [1.82, 2.24) is 4.90 Å². The topological polar surface area (TPSA) is 49.5 Å². The highest BCUT2D eigenvalue weighted by Crippen LogP contribution is 2.17. The summed E-state index contributed by atoms with van der Waals surface area (Å²) in [7, 11) is 0. The summed E-state index contributed by atoms with van der Waals surface area (Å²) in [6.45, 7) is 5.51. The van der Waals surface area contributed by atoms with Gasteiger partial charge in [0.1, 0.15) is 0 Å². The van der Waals surface area contributed by atoms with Crippen LogP contribution in [0.4, 0.5) is 0 Å². The maximum atomic E-state index is 8.99. The van der Waals surface area contributed by atoms with Crippen LogP contribution in [0.25, 0.3) is 0 Å². The maximum absolute atomic E-state index is 8.99. The van der Waals surface area contributed by atoms with Gasteiger partial charge in [-0.05, 0) is 30.0 Å². The fraction of sp³-hybridized carbons (Fsp3) is 0.571. The van der Waals surface area contributed by atoms with E-state index >= 15 is 0 Å². The number of hydrogen-bond donors (Lipinski definition) is 2. The minimum atomic E-state index is 0.121. The monoisotopic (exact) mass is 234 g/mol. The van der Waals surface area contributed by atoms with Gasteiger partial charge in [0.2, 0.25) is 0 Å². The van der Waals surface area contributed by atoms with Crippen molar-refractivity contribution >= 4 is 0 Å². The van der Waals surface area contributed by atoms with Gasteiger partial charge in [-0.1, -0.05) is 31.2 Å². The number of nitrogens with zero attached hydrogens (tertiary/aromatic N) is 1. The van der Waals surface area contributed by atoms with E-state index in [0.717, 1.165) is 31.6 Å². The van der Waals surface area contributed by atoms with E-state index in [1.165, 1.54) is 5.56 Å². The van der Waals surface area contributed by atoms with Crippen molar-refractivity contribution in [2.24, 2.45) is 11.7 Å². The molecule has 0 aromatic heterocycles. The van der Waals surface area contributed by atoms with E-state index in [4.69, 9.17) is 10.8 Å². The van der Waals surface area contributed by atoms with E-state index in [2.05, 4.69) is 24.0 Å². The standard InChI is InChI=1S/C14H22N2O/c1-11-8-16(7-6-14(11)15)9-12-2-4-13(10-17)5-3-12/h2-5,11,14,17H,6-10,15H2,1H3. The number of likely N-dealkylation sites (tertiary alicyclic amines) is 1. The number of rotatable bonds is 3. The van der Waals surface area contributed by atoms with Crippen LogP contribution in [0.5, 0.6) is 0 Å². The van der Waals surface area contributed by atoms with Gasteiger partial charge in [0.05, 0.1) is 6.61 Å². The molecule has 1 heterocycles. The number of piperidine rings is 1. The van der Waals surface area contributed by atoms with Crippen molar-refractivity contribution in [2.45, 2.75) is 32.5 Å². The molecule has 0 amide bonds. The maximum Gasteiger partial charge on any atom is 0.0681 e. The van der Waals surface area contributed by atoms with Crippen molar-refractivity contribution < 1.29 is 5.11 Å². The van der Waals surface area contributed by atoms with Gasteiger partial charge in [-0.2, -0.15) is 0 Å². The Balaban J connectivity index is 1.92. The average molecular weight is 234 g/mol. The van der Waals surface area contributed by atoms with Crippen LogP contribution in [-0.4, -0.2) is 29.1 Å². The molecule has 1 fully saturated rings. The van der Waals surface area contributed by atoms with E-state index in [1.54, 1.807) is 0 Å². The van der Waals surface area contributed by atoms with Crippen molar-refractivity contribution in [3.05, 3.63) is 35.4 Å². The highest BCUT2D eigenvalue weighted by molar-refractivity contribution is 5.21. The summed E-state index contributed by atoms with van der Waals surface area (Å²) in [5.41, 5.74) is 8.30. The van der Waals surface area contributed by atoms with Gasteiger partial charge >= 0.3 is 0 Å². The van der Waals surface area contributed by atoms with Gasteiger partial charge in [0, 0.05) is 19.1 Å². The summed E-state index contributed by atoms with van der Waals surface area (Å²) >= 11 is 0. The molecule has 0 spiro atoms. The largest absolute Gasteiger partial charge is 0.392 e. The lowest BCUT2D eigenvalue weighted by atomic mass is 9.94. The Hall–Kier alpha value is -0.900. The Bertz CT molecular complexity index is 350. The highest BCUT2D eigenvalue weighted by atomic mass is 16.3. The molecule has 2 rings (SSSR count). The normalized spacial score (nSPS) is 26.1. The van der Waals surface area contributed by atoms with Crippen LogP contribution in [0.2, 0.25) is 0 Å². The average Bonchev–Trinajstić information content (AvgIpc) is 2.35.